The van der Waals surface area contributed by atoms with E-state index in [1.807, 2.05) is 0 Å². The van der Waals surface area contributed by atoms with Crippen LogP contribution in [0.4, 0.5) is 11.8 Å². The van der Waals surface area contributed by atoms with Crippen LogP contribution in [0.25, 0.3) is 11.2 Å². The quantitative estimate of drug-likeness (QED) is 0.460. The molecule has 0 bridgehead atoms. The predicted molar refractivity (Wildman–Crippen MR) is 115 cm³/mol. The molecule has 3 heterocycles. The Labute approximate surface area is 181 Å². The van der Waals surface area contributed by atoms with Gasteiger partial charge in [-0.15, -0.1) is 0 Å². The van der Waals surface area contributed by atoms with Gasteiger partial charge in [0.25, 0.3) is 0 Å². The number of fused-ring (bicyclic) bond motifs is 1. The fourth-order valence-corrected chi connectivity index (χ4v) is 5.07. The molecule has 2 saturated carbocycles. The molecule has 10 nitrogen and oxygen atoms in total. The molecule has 4 atom stereocenters. The van der Waals surface area contributed by atoms with Gasteiger partial charge in [0, 0.05) is 12.1 Å². The first-order valence-electron chi connectivity index (χ1n) is 11.5. The fourth-order valence-electron chi connectivity index (χ4n) is 5.07. The molecule has 3 aliphatic rings. The van der Waals surface area contributed by atoms with Crippen molar-refractivity contribution in [3.05, 3.63) is 6.33 Å². The predicted octanol–water partition coefficient (Wildman–Crippen LogP) is 1.54. The van der Waals surface area contributed by atoms with Gasteiger partial charge in [-0.1, -0.05) is 32.1 Å². The van der Waals surface area contributed by atoms with Crippen molar-refractivity contribution in [2.75, 3.05) is 17.2 Å². The molecule has 2 aromatic rings. The van der Waals surface area contributed by atoms with E-state index in [1.54, 1.807) is 10.9 Å². The lowest BCUT2D eigenvalue weighted by Gasteiger charge is -2.23. The number of nitrogens with zero attached hydrogens (tertiary/aromatic N) is 4. The first-order valence-corrected chi connectivity index (χ1v) is 11.5. The maximum atomic E-state index is 10.5. The van der Waals surface area contributed by atoms with Crippen LogP contribution in [0, 0.1) is 0 Å². The molecular formula is C21H32N6O4. The Morgan fingerprint density at radius 3 is 2.29 bits per heavy atom. The Morgan fingerprint density at radius 1 is 0.935 bits per heavy atom. The molecule has 2 aliphatic carbocycles. The van der Waals surface area contributed by atoms with Gasteiger partial charge in [-0.2, -0.15) is 9.97 Å². The van der Waals surface area contributed by atoms with Gasteiger partial charge in [0.15, 0.2) is 23.2 Å². The second-order valence-electron chi connectivity index (χ2n) is 9.05. The molecular weight excluding hydrogens is 400 g/mol. The minimum absolute atomic E-state index is 0.343. The zero-order valence-corrected chi connectivity index (χ0v) is 17.7. The minimum Gasteiger partial charge on any atom is -0.394 e. The maximum absolute atomic E-state index is 10.5. The van der Waals surface area contributed by atoms with Crippen LogP contribution < -0.4 is 10.6 Å². The lowest BCUT2D eigenvalue weighted by molar-refractivity contribution is -0.0511. The summed E-state index contributed by atoms with van der Waals surface area (Å²) in [7, 11) is 0. The second-order valence-corrected chi connectivity index (χ2v) is 9.05. The monoisotopic (exact) mass is 432 g/mol. The van der Waals surface area contributed by atoms with Crippen LogP contribution in [0.2, 0.25) is 0 Å². The molecule has 10 heteroatoms. The number of hydrogen-bond donors (Lipinski definition) is 5. The van der Waals surface area contributed by atoms with Gasteiger partial charge in [0.2, 0.25) is 5.95 Å². The van der Waals surface area contributed by atoms with Gasteiger partial charge in [0.1, 0.15) is 18.3 Å². The highest BCUT2D eigenvalue weighted by molar-refractivity contribution is 5.84. The van der Waals surface area contributed by atoms with Gasteiger partial charge in [-0.3, -0.25) is 4.57 Å². The summed E-state index contributed by atoms with van der Waals surface area (Å²) in [6, 6.07) is 0.704. The van der Waals surface area contributed by atoms with Crippen molar-refractivity contribution < 1.29 is 20.1 Å². The molecule has 5 rings (SSSR count). The highest BCUT2D eigenvalue weighted by atomic mass is 16.6. The summed E-state index contributed by atoms with van der Waals surface area (Å²) in [6.07, 6.45) is 7.95. The molecule has 0 aromatic carbocycles. The van der Waals surface area contributed by atoms with Crippen LogP contribution >= 0.6 is 0 Å². The van der Waals surface area contributed by atoms with Gasteiger partial charge >= 0.3 is 0 Å². The SMILES string of the molecule is OC[C@H]1O[C@@H](n2cnc3c(NC4CCCC4)nc(NC4CCCCC4)nc32)[C@H](O)[C@@H]1O. The van der Waals surface area contributed by atoms with Crippen LogP contribution in [0.5, 0.6) is 0 Å². The number of aliphatic hydroxyl groups is 3. The van der Waals surface area contributed by atoms with E-state index in [2.05, 4.69) is 15.6 Å². The largest absolute Gasteiger partial charge is 0.394 e. The zero-order chi connectivity index (χ0) is 21.4. The van der Waals surface area contributed by atoms with E-state index in [9.17, 15) is 15.3 Å². The van der Waals surface area contributed by atoms with E-state index in [1.165, 1.54) is 32.1 Å². The van der Waals surface area contributed by atoms with Crippen molar-refractivity contribution in [2.45, 2.75) is 94.4 Å². The van der Waals surface area contributed by atoms with Gasteiger partial charge in [0.05, 0.1) is 12.9 Å². The number of imidazole rings is 1. The Hall–Kier alpha value is -2.01. The summed E-state index contributed by atoms with van der Waals surface area (Å²) in [6.45, 7) is -0.376. The average molecular weight is 433 g/mol. The number of anilines is 2. The number of aliphatic hydroxyl groups excluding tert-OH is 3. The van der Waals surface area contributed by atoms with E-state index in [0.717, 1.165) is 25.7 Å². The number of ether oxygens (including phenoxy) is 1. The lowest BCUT2D eigenvalue weighted by atomic mass is 9.96. The molecule has 5 N–H and O–H groups in total. The number of rotatable bonds is 6. The Kier molecular flexibility index (Phi) is 5.96. The molecule has 1 aliphatic heterocycles. The number of nitrogens with one attached hydrogen (secondary N) is 2. The zero-order valence-electron chi connectivity index (χ0n) is 17.7. The third-order valence-electron chi connectivity index (χ3n) is 6.85. The van der Waals surface area contributed by atoms with Gasteiger partial charge < -0.3 is 30.7 Å². The van der Waals surface area contributed by atoms with E-state index in [0.29, 0.717) is 35.0 Å². The van der Waals surface area contributed by atoms with Crippen molar-refractivity contribution in [1.82, 2.24) is 19.5 Å². The average Bonchev–Trinajstić information content (AvgIpc) is 3.50. The van der Waals surface area contributed by atoms with E-state index in [-0.39, 0.29) is 6.61 Å². The third kappa shape index (κ3) is 4.09. The minimum atomic E-state index is -1.19. The van der Waals surface area contributed by atoms with Crippen molar-refractivity contribution in [3.8, 4) is 0 Å². The molecule has 0 radical (unpaired) electrons. The third-order valence-corrected chi connectivity index (χ3v) is 6.85. The Morgan fingerprint density at radius 2 is 1.61 bits per heavy atom. The van der Waals surface area contributed by atoms with Gasteiger partial charge in [-0.25, -0.2) is 4.98 Å². The van der Waals surface area contributed by atoms with Gasteiger partial charge in [-0.05, 0) is 25.7 Å². The molecule has 1 saturated heterocycles. The van der Waals surface area contributed by atoms with E-state index in [4.69, 9.17) is 14.7 Å². The summed E-state index contributed by atoms with van der Waals surface area (Å²) in [5.74, 6) is 1.22. The molecule has 3 fully saturated rings. The smallest absolute Gasteiger partial charge is 0.227 e. The summed E-state index contributed by atoms with van der Waals surface area (Å²) in [5.41, 5.74) is 1.14. The normalized spacial score (nSPS) is 30.3. The topological polar surface area (TPSA) is 138 Å². The molecule has 0 unspecified atom stereocenters. The molecule has 170 valence electrons. The van der Waals surface area contributed by atoms with E-state index < -0.39 is 24.5 Å². The highest BCUT2D eigenvalue weighted by Gasteiger charge is 2.44. The first-order chi connectivity index (χ1) is 15.1. The number of aromatic nitrogens is 4. The van der Waals surface area contributed by atoms with Crippen LogP contribution in [0.15, 0.2) is 6.33 Å². The molecule has 0 amide bonds. The number of hydrogen-bond acceptors (Lipinski definition) is 9. The first kappa shape index (κ1) is 20.9. The van der Waals surface area contributed by atoms with Crippen LogP contribution in [-0.2, 0) is 4.74 Å². The molecule has 31 heavy (non-hydrogen) atoms. The molecule has 0 spiro atoms. The molecule has 2 aromatic heterocycles. The maximum Gasteiger partial charge on any atom is 0.227 e. The summed E-state index contributed by atoms with van der Waals surface area (Å²) >= 11 is 0. The Balaban J connectivity index is 1.50. The summed E-state index contributed by atoms with van der Waals surface area (Å²) in [5, 5.41) is 37.2. The van der Waals surface area contributed by atoms with Crippen molar-refractivity contribution >= 4 is 22.9 Å². The standard InChI is InChI=1S/C21H32N6O4/c28-10-14-16(29)17(30)20(31-14)27-11-22-15-18(23-12-8-4-5-9-12)25-21(26-19(15)27)24-13-6-2-1-3-7-13/h11-14,16-17,20,28-30H,1-10H2,(H2,23,24,25,26)/t14-,16-,17-,20-/m1/s1. The lowest BCUT2D eigenvalue weighted by Crippen LogP contribution is -2.33. The van der Waals surface area contributed by atoms with Crippen LogP contribution in [-0.4, -0.2) is 71.8 Å². The van der Waals surface area contributed by atoms with Crippen LogP contribution in [0.1, 0.15) is 64.0 Å². The Bertz CT molecular complexity index is 895. The summed E-state index contributed by atoms with van der Waals surface area (Å²) < 4.78 is 7.35. The summed E-state index contributed by atoms with van der Waals surface area (Å²) in [4.78, 5) is 14.0. The van der Waals surface area contributed by atoms with Crippen molar-refractivity contribution in [2.24, 2.45) is 0 Å². The fraction of sp³-hybridized carbons (Fsp3) is 0.762. The second kappa shape index (κ2) is 8.85. The van der Waals surface area contributed by atoms with Crippen molar-refractivity contribution in [1.29, 1.82) is 0 Å². The van der Waals surface area contributed by atoms with Crippen LogP contribution in [0.3, 0.4) is 0 Å². The highest BCUT2D eigenvalue weighted by Crippen LogP contribution is 2.34. The van der Waals surface area contributed by atoms with E-state index >= 15 is 0 Å². The van der Waals surface area contributed by atoms with Crippen molar-refractivity contribution in [3.63, 3.8) is 0 Å².